The number of nitrogens with zero attached hydrogens (tertiary/aromatic N) is 1. The number of carbonyl (C=O) groups excluding carboxylic acids is 1. The van der Waals surface area contributed by atoms with Crippen molar-refractivity contribution in [3.8, 4) is 28.1 Å². The van der Waals surface area contributed by atoms with E-state index in [9.17, 15) is 4.79 Å². The van der Waals surface area contributed by atoms with Gasteiger partial charge in [0.15, 0.2) is 11.7 Å². The van der Waals surface area contributed by atoms with Gasteiger partial charge < -0.3 is 4.74 Å². The minimum Gasteiger partial charge on any atom is -0.484 e. The highest BCUT2D eigenvalue weighted by molar-refractivity contribution is 7.14. The van der Waals surface area contributed by atoms with Crippen molar-refractivity contribution in [2.45, 2.75) is 13.3 Å². The maximum Gasteiger partial charge on any atom is 0.264 e. The lowest BCUT2D eigenvalue weighted by Gasteiger charge is -2.07. The summed E-state index contributed by atoms with van der Waals surface area (Å²) in [5.41, 5.74) is 5.37. The molecule has 150 valence electrons. The number of carbonyl (C=O) groups is 1. The lowest BCUT2D eigenvalue weighted by molar-refractivity contribution is -0.118. The van der Waals surface area contributed by atoms with E-state index in [0.29, 0.717) is 10.9 Å². The summed E-state index contributed by atoms with van der Waals surface area (Å²) in [5.74, 6) is 0.472. The van der Waals surface area contributed by atoms with E-state index in [-0.39, 0.29) is 12.5 Å². The molecule has 4 aromatic rings. The number of hydrogen-bond acceptors (Lipinski definition) is 4. The molecule has 5 heteroatoms. The monoisotopic (exact) mass is 414 g/mol. The highest BCUT2D eigenvalue weighted by atomic mass is 32.1. The molecule has 0 saturated heterocycles. The second-order valence-electron chi connectivity index (χ2n) is 6.82. The zero-order valence-corrected chi connectivity index (χ0v) is 17.5. The van der Waals surface area contributed by atoms with E-state index in [4.69, 9.17) is 4.74 Å². The molecule has 0 saturated carbocycles. The van der Waals surface area contributed by atoms with Gasteiger partial charge in [0, 0.05) is 10.9 Å². The molecule has 0 radical (unpaired) electrons. The van der Waals surface area contributed by atoms with Crippen LogP contribution in [0.4, 0.5) is 5.13 Å². The van der Waals surface area contributed by atoms with Gasteiger partial charge in [-0.05, 0) is 35.2 Å². The topological polar surface area (TPSA) is 51.2 Å². The van der Waals surface area contributed by atoms with Crippen molar-refractivity contribution in [2.24, 2.45) is 0 Å². The maximum absolute atomic E-state index is 12.2. The van der Waals surface area contributed by atoms with Gasteiger partial charge in [-0.3, -0.25) is 10.1 Å². The van der Waals surface area contributed by atoms with Crippen LogP contribution in [0.3, 0.4) is 0 Å². The molecule has 0 spiro atoms. The van der Waals surface area contributed by atoms with Crippen LogP contribution in [0.25, 0.3) is 22.4 Å². The quantitative estimate of drug-likeness (QED) is 0.400. The summed E-state index contributed by atoms with van der Waals surface area (Å²) >= 11 is 1.40. The molecular formula is C25H22N2O2S. The van der Waals surface area contributed by atoms with Gasteiger partial charge in [0.05, 0.1) is 5.69 Å². The second-order valence-corrected chi connectivity index (χ2v) is 7.68. The summed E-state index contributed by atoms with van der Waals surface area (Å²) in [6.07, 6.45) is 0.928. The first-order valence-electron chi connectivity index (χ1n) is 9.84. The Labute approximate surface area is 180 Å². The van der Waals surface area contributed by atoms with Gasteiger partial charge in [-0.15, -0.1) is 11.3 Å². The predicted molar refractivity (Wildman–Crippen MR) is 123 cm³/mol. The molecule has 0 atom stereocenters. The van der Waals surface area contributed by atoms with Gasteiger partial charge in [-0.25, -0.2) is 4.98 Å². The molecule has 1 aromatic heterocycles. The second kappa shape index (κ2) is 9.37. The molecule has 30 heavy (non-hydrogen) atoms. The van der Waals surface area contributed by atoms with Crippen LogP contribution in [0.1, 0.15) is 12.5 Å². The van der Waals surface area contributed by atoms with Gasteiger partial charge in [0.1, 0.15) is 5.75 Å². The lowest BCUT2D eigenvalue weighted by Crippen LogP contribution is -2.20. The number of thiazole rings is 1. The molecule has 0 aliphatic rings. The smallest absolute Gasteiger partial charge is 0.264 e. The molecule has 4 rings (SSSR count). The summed E-state index contributed by atoms with van der Waals surface area (Å²) < 4.78 is 5.59. The van der Waals surface area contributed by atoms with Crippen LogP contribution in [-0.2, 0) is 11.2 Å². The van der Waals surface area contributed by atoms with E-state index in [1.165, 1.54) is 22.5 Å². The fraction of sp³-hybridized carbons (Fsp3) is 0.120. The Kier molecular flexibility index (Phi) is 6.20. The summed E-state index contributed by atoms with van der Waals surface area (Å²) in [7, 11) is 0. The molecule has 0 unspecified atom stereocenters. The number of rotatable bonds is 7. The zero-order chi connectivity index (χ0) is 20.8. The van der Waals surface area contributed by atoms with E-state index in [2.05, 4.69) is 41.5 Å². The number of aromatic nitrogens is 1. The maximum atomic E-state index is 12.2. The van der Waals surface area contributed by atoms with Crippen LogP contribution in [0.2, 0.25) is 0 Å². The van der Waals surface area contributed by atoms with Crippen LogP contribution in [0, 0.1) is 0 Å². The number of aryl methyl sites for hydroxylation is 1. The fourth-order valence-electron chi connectivity index (χ4n) is 3.09. The van der Waals surface area contributed by atoms with Crippen molar-refractivity contribution in [3.05, 3.63) is 89.8 Å². The van der Waals surface area contributed by atoms with E-state index in [1.807, 2.05) is 60.0 Å². The minimum absolute atomic E-state index is 0.0478. The molecule has 1 amide bonds. The van der Waals surface area contributed by atoms with Crippen LogP contribution in [0.5, 0.6) is 5.75 Å². The largest absolute Gasteiger partial charge is 0.484 e. The van der Waals surface area contributed by atoms with E-state index >= 15 is 0 Å². The molecule has 0 aliphatic carbocycles. The summed E-state index contributed by atoms with van der Waals surface area (Å²) in [6, 6.07) is 26.3. The Morgan fingerprint density at radius 3 is 2.43 bits per heavy atom. The van der Waals surface area contributed by atoms with Crippen LogP contribution < -0.4 is 10.1 Å². The van der Waals surface area contributed by atoms with Gasteiger partial charge in [-0.1, -0.05) is 73.7 Å². The average Bonchev–Trinajstić information content (AvgIpc) is 3.27. The first kappa shape index (κ1) is 19.9. The Hall–Kier alpha value is -3.44. The Balaban J connectivity index is 1.36. The van der Waals surface area contributed by atoms with Crippen molar-refractivity contribution in [3.63, 3.8) is 0 Å². The molecule has 0 aliphatic heterocycles. The van der Waals surface area contributed by atoms with Crippen LogP contribution in [-0.4, -0.2) is 17.5 Å². The first-order chi connectivity index (χ1) is 14.7. The van der Waals surface area contributed by atoms with Gasteiger partial charge >= 0.3 is 0 Å². The highest BCUT2D eigenvalue weighted by Gasteiger charge is 2.09. The lowest BCUT2D eigenvalue weighted by atomic mass is 10.0. The Morgan fingerprint density at radius 2 is 1.67 bits per heavy atom. The first-order valence-corrected chi connectivity index (χ1v) is 10.7. The zero-order valence-electron chi connectivity index (χ0n) is 16.7. The molecule has 4 nitrogen and oxygen atoms in total. The summed E-state index contributed by atoms with van der Waals surface area (Å²) in [6.45, 7) is 2.04. The summed E-state index contributed by atoms with van der Waals surface area (Å²) in [5, 5.41) is 5.32. The van der Waals surface area contributed by atoms with Crippen molar-refractivity contribution >= 4 is 22.4 Å². The molecule has 0 bridgehead atoms. The van der Waals surface area contributed by atoms with E-state index in [0.717, 1.165) is 23.2 Å². The predicted octanol–water partition coefficient (Wildman–Crippen LogP) is 6.06. The van der Waals surface area contributed by atoms with Crippen LogP contribution in [0.15, 0.2) is 84.2 Å². The average molecular weight is 415 g/mol. The number of ether oxygens (including phenoxy) is 1. The van der Waals surface area contributed by atoms with E-state index < -0.39 is 0 Å². The minimum atomic E-state index is -0.225. The molecular weight excluding hydrogens is 392 g/mol. The third-order valence-corrected chi connectivity index (χ3v) is 5.47. The third-order valence-electron chi connectivity index (χ3n) is 4.71. The van der Waals surface area contributed by atoms with Crippen molar-refractivity contribution in [1.82, 2.24) is 4.98 Å². The van der Waals surface area contributed by atoms with Crippen LogP contribution >= 0.6 is 11.3 Å². The molecule has 1 N–H and O–H groups in total. The third kappa shape index (κ3) is 4.93. The van der Waals surface area contributed by atoms with E-state index in [1.54, 1.807) is 0 Å². The summed E-state index contributed by atoms with van der Waals surface area (Å²) in [4.78, 5) is 16.8. The fourth-order valence-corrected chi connectivity index (χ4v) is 3.82. The highest BCUT2D eigenvalue weighted by Crippen LogP contribution is 2.27. The SMILES string of the molecule is CCc1cccc(OCC(=O)Nc2nc(-c3ccc(-c4ccccc4)cc3)cs2)c1. The van der Waals surface area contributed by atoms with Gasteiger partial charge in [0.25, 0.3) is 5.91 Å². The van der Waals surface area contributed by atoms with Crippen molar-refractivity contribution < 1.29 is 9.53 Å². The molecule has 1 heterocycles. The number of benzene rings is 3. The number of nitrogens with one attached hydrogen (secondary N) is 1. The Bertz CT molecular complexity index is 1120. The van der Waals surface area contributed by atoms with Crippen molar-refractivity contribution in [1.29, 1.82) is 0 Å². The standard InChI is InChI=1S/C25H22N2O2S/c1-2-18-7-6-10-22(15-18)29-16-24(28)27-25-26-23(17-30-25)21-13-11-20(12-14-21)19-8-4-3-5-9-19/h3-15,17H,2,16H2,1H3,(H,26,27,28). The number of amides is 1. The number of anilines is 1. The molecule has 0 fully saturated rings. The Morgan fingerprint density at radius 1 is 0.933 bits per heavy atom. The van der Waals surface area contributed by atoms with Gasteiger partial charge in [0.2, 0.25) is 0 Å². The normalized spacial score (nSPS) is 10.6. The molecule has 3 aromatic carbocycles. The van der Waals surface area contributed by atoms with Gasteiger partial charge in [-0.2, -0.15) is 0 Å². The van der Waals surface area contributed by atoms with Crippen molar-refractivity contribution in [2.75, 3.05) is 11.9 Å². The number of hydrogen-bond donors (Lipinski definition) is 1.